The van der Waals surface area contributed by atoms with Gasteiger partial charge in [-0.25, -0.2) is 4.18 Å². The summed E-state index contributed by atoms with van der Waals surface area (Å²) in [5.74, 6) is 0.808. The van der Waals surface area contributed by atoms with Crippen molar-refractivity contribution in [1.82, 2.24) is 0 Å². The Hall–Kier alpha value is -0.450. The molecule has 0 bridgehead atoms. The van der Waals surface area contributed by atoms with Gasteiger partial charge in [0.25, 0.3) is 0 Å². The molecule has 262 valence electrons. The van der Waals surface area contributed by atoms with Crippen LogP contribution in [0.3, 0.4) is 0 Å². The molecule has 0 radical (unpaired) electrons. The highest BCUT2D eigenvalue weighted by Gasteiger charge is 2.69. The van der Waals surface area contributed by atoms with Crippen LogP contribution in [0.25, 0.3) is 0 Å². The van der Waals surface area contributed by atoms with E-state index in [9.17, 15) is 39.1 Å². The second kappa shape index (κ2) is 13.1. The smallest absolute Gasteiger partial charge is 0.393 e. The van der Waals surface area contributed by atoms with E-state index in [1.807, 2.05) is 6.92 Å². The first-order valence-corrected chi connectivity index (χ1v) is 18.3. The van der Waals surface area contributed by atoms with Crippen LogP contribution in [0.5, 0.6) is 0 Å². The molecule has 1 saturated heterocycles. The highest BCUT2D eigenvalue weighted by Crippen LogP contribution is 2.69. The van der Waals surface area contributed by atoms with E-state index in [1.165, 1.54) is 0 Å². The van der Waals surface area contributed by atoms with Crippen molar-refractivity contribution in [3.63, 3.8) is 0 Å². The van der Waals surface area contributed by atoms with Gasteiger partial charge in [0.05, 0.1) is 37.1 Å². The van der Waals surface area contributed by atoms with Gasteiger partial charge in [0, 0.05) is 11.8 Å². The molecule has 0 unspecified atom stereocenters. The van der Waals surface area contributed by atoms with Gasteiger partial charge in [0.15, 0.2) is 6.29 Å². The lowest BCUT2D eigenvalue weighted by atomic mass is 9.42. The summed E-state index contributed by atoms with van der Waals surface area (Å²) < 4.78 is 46.6. The molecule has 13 heteroatoms. The lowest BCUT2D eigenvalue weighted by Crippen LogP contribution is -2.69. The van der Waals surface area contributed by atoms with Gasteiger partial charge in [0.1, 0.15) is 18.3 Å². The highest BCUT2D eigenvalue weighted by atomic mass is 32.3. The summed E-state index contributed by atoms with van der Waals surface area (Å²) in [4.78, 5) is 0. The molecule has 16 atom stereocenters. The molecule has 0 spiro atoms. The minimum Gasteiger partial charge on any atom is -0.393 e. The normalized spacial score (nSPS) is 49.9. The van der Waals surface area contributed by atoms with Crippen LogP contribution >= 0.6 is 0 Å². The topological polar surface area (TPSA) is 203 Å². The summed E-state index contributed by atoms with van der Waals surface area (Å²) in [6.07, 6.45) is -0.339. The van der Waals surface area contributed by atoms with Crippen LogP contribution in [0.2, 0.25) is 0 Å². The highest BCUT2D eigenvalue weighted by molar-refractivity contribution is 7.80. The van der Waals surface area contributed by atoms with Gasteiger partial charge < -0.3 is 40.1 Å². The minimum absolute atomic E-state index is 0.00878. The molecule has 5 aliphatic rings. The van der Waals surface area contributed by atoms with E-state index in [0.29, 0.717) is 37.5 Å². The van der Waals surface area contributed by atoms with E-state index < -0.39 is 64.3 Å². The van der Waals surface area contributed by atoms with Crippen LogP contribution in [0, 0.1) is 46.3 Å². The van der Waals surface area contributed by atoms with Crippen molar-refractivity contribution in [2.45, 2.75) is 140 Å². The lowest BCUT2D eigenvalue weighted by molar-refractivity contribution is -0.311. The van der Waals surface area contributed by atoms with Crippen molar-refractivity contribution in [3.05, 3.63) is 0 Å². The number of hydrogen-bond donors (Lipinski definition) is 7. The van der Waals surface area contributed by atoms with Crippen molar-refractivity contribution in [1.29, 1.82) is 0 Å². The molecule has 0 aromatic rings. The Kier molecular flexibility index (Phi) is 10.4. The van der Waals surface area contributed by atoms with Gasteiger partial charge in [-0.15, -0.1) is 0 Å². The van der Waals surface area contributed by atoms with Crippen molar-refractivity contribution >= 4 is 10.4 Å². The quantitative estimate of drug-likeness (QED) is 0.132. The standard InChI is InChI=1S/C32H56O12S/c1-17(15-43-45(39,40)41)6-5-7-18(2)22-13-23(33)26-20-12-25(35)32(38)14-19(44-29-28(37)27(36)24(34)16-42-29)8-11-31(32,4)21(20)9-10-30(22,26)3/h17-29,33-38H,5-16H2,1-4H3,(H,39,40,41)/t17-,18+,19-,20+,21-,22+,23-,24+,25+,26+,27-,28+,29-,30+,31+,32-/m0/s1. The zero-order chi connectivity index (χ0) is 33.1. The fraction of sp³-hybridized carbons (Fsp3) is 1.00. The van der Waals surface area contributed by atoms with E-state index in [-0.39, 0.29) is 48.7 Å². The van der Waals surface area contributed by atoms with Crippen LogP contribution in [-0.2, 0) is 24.1 Å². The van der Waals surface area contributed by atoms with Crippen LogP contribution in [0.15, 0.2) is 0 Å². The molecule has 5 rings (SSSR count). The predicted octanol–water partition coefficient (Wildman–Crippen LogP) is 1.79. The fourth-order valence-electron chi connectivity index (χ4n) is 10.7. The Labute approximate surface area is 267 Å². The molecule has 1 heterocycles. The molecule has 12 nitrogen and oxygen atoms in total. The Bertz CT molecular complexity index is 1140. The van der Waals surface area contributed by atoms with Gasteiger partial charge in [-0.3, -0.25) is 4.55 Å². The fourth-order valence-corrected chi connectivity index (χ4v) is 11.1. The summed E-state index contributed by atoms with van der Waals surface area (Å²) in [5.41, 5.74) is -2.12. The zero-order valence-electron chi connectivity index (χ0n) is 27.1. The maximum atomic E-state index is 12.2. The second-order valence-electron chi connectivity index (χ2n) is 15.8. The Balaban J connectivity index is 1.24. The maximum absolute atomic E-state index is 12.2. The first-order valence-electron chi connectivity index (χ1n) is 16.9. The molecule has 0 amide bonds. The molecule has 0 aromatic carbocycles. The first-order chi connectivity index (χ1) is 20.9. The van der Waals surface area contributed by atoms with Crippen molar-refractivity contribution < 1.29 is 57.3 Å². The molecule has 1 aliphatic heterocycles. The Morgan fingerprint density at radius 2 is 1.67 bits per heavy atom. The van der Waals surface area contributed by atoms with Gasteiger partial charge in [-0.2, -0.15) is 8.42 Å². The number of aliphatic hydroxyl groups excluding tert-OH is 5. The molecule has 5 fully saturated rings. The lowest BCUT2D eigenvalue weighted by Gasteiger charge is -2.65. The number of ether oxygens (including phenoxy) is 2. The third-order valence-electron chi connectivity index (χ3n) is 13.2. The van der Waals surface area contributed by atoms with Crippen LogP contribution in [0.4, 0.5) is 0 Å². The van der Waals surface area contributed by atoms with Crippen LogP contribution < -0.4 is 0 Å². The molecular weight excluding hydrogens is 608 g/mol. The molecule has 45 heavy (non-hydrogen) atoms. The van der Waals surface area contributed by atoms with Crippen LogP contribution in [-0.4, -0.2) is 105 Å². The second-order valence-corrected chi connectivity index (χ2v) is 16.9. The minimum atomic E-state index is -4.44. The number of aliphatic hydroxyl groups is 6. The first kappa shape index (κ1) is 35.8. The molecule has 0 aromatic heterocycles. The van der Waals surface area contributed by atoms with E-state index >= 15 is 0 Å². The molecule has 4 aliphatic carbocycles. The van der Waals surface area contributed by atoms with Gasteiger partial charge in [-0.05, 0) is 85.9 Å². The summed E-state index contributed by atoms with van der Waals surface area (Å²) in [5, 5.41) is 65.7. The SMILES string of the molecule is C[C@@H](CCC[C@@H](C)[C@H]1C[C@H](O)[C@H]2[C@@H]3C[C@@H](O)[C@@]4(O)C[C@@H](O[C@@H]5OC[C@@H](O)[C@H](O)[C@H]5O)CC[C@]4(C)[C@H]3CC[C@@]21C)COS(=O)(=O)O. The molecule has 4 saturated carbocycles. The Morgan fingerprint density at radius 1 is 0.956 bits per heavy atom. The average molecular weight is 665 g/mol. The van der Waals surface area contributed by atoms with Gasteiger partial charge >= 0.3 is 10.4 Å². The summed E-state index contributed by atoms with van der Waals surface area (Å²) >= 11 is 0. The summed E-state index contributed by atoms with van der Waals surface area (Å²) in [7, 11) is -4.44. The maximum Gasteiger partial charge on any atom is 0.397 e. The summed E-state index contributed by atoms with van der Waals surface area (Å²) in [6, 6.07) is 0. The third-order valence-corrected chi connectivity index (χ3v) is 13.6. The van der Waals surface area contributed by atoms with Crippen molar-refractivity contribution in [2.75, 3.05) is 13.2 Å². The van der Waals surface area contributed by atoms with E-state index in [4.69, 9.17) is 14.0 Å². The van der Waals surface area contributed by atoms with Crippen LogP contribution in [0.1, 0.15) is 91.9 Å². The summed E-state index contributed by atoms with van der Waals surface area (Å²) in [6.45, 7) is 8.28. The number of hydrogen-bond acceptors (Lipinski definition) is 11. The van der Waals surface area contributed by atoms with Gasteiger partial charge in [-0.1, -0.05) is 40.5 Å². The van der Waals surface area contributed by atoms with E-state index in [2.05, 4.69) is 25.0 Å². The Morgan fingerprint density at radius 3 is 2.36 bits per heavy atom. The monoisotopic (exact) mass is 664 g/mol. The van der Waals surface area contributed by atoms with Gasteiger partial charge in [0.2, 0.25) is 0 Å². The molecule has 7 N–H and O–H groups in total. The largest absolute Gasteiger partial charge is 0.397 e. The van der Waals surface area contributed by atoms with E-state index in [1.54, 1.807) is 0 Å². The van der Waals surface area contributed by atoms with Crippen molar-refractivity contribution in [3.8, 4) is 0 Å². The zero-order valence-corrected chi connectivity index (χ0v) is 27.9. The molecular formula is C32H56O12S. The van der Waals surface area contributed by atoms with E-state index in [0.717, 1.165) is 32.1 Å². The third kappa shape index (κ3) is 6.62. The number of rotatable bonds is 10. The average Bonchev–Trinajstić information content (AvgIpc) is 3.24. The predicted molar refractivity (Wildman–Crippen MR) is 162 cm³/mol. The number of fused-ring (bicyclic) bond motifs is 5. The van der Waals surface area contributed by atoms with Crippen molar-refractivity contribution in [2.24, 2.45) is 46.3 Å².